The quantitative estimate of drug-likeness (QED) is 0.240. The Balaban J connectivity index is 1.75. The van der Waals surface area contributed by atoms with Crippen molar-refractivity contribution >= 4 is 44.1 Å². The van der Waals surface area contributed by atoms with Gasteiger partial charge in [-0.05, 0) is 55.7 Å². The van der Waals surface area contributed by atoms with Crippen molar-refractivity contribution in [1.82, 2.24) is 4.98 Å². The molecule has 1 aromatic heterocycles. The first-order valence-electron chi connectivity index (χ1n) is 10.7. The number of benzene rings is 3. The van der Waals surface area contributed by atoms with E-state index < -0.39 is 17.7 Å². The Morgan fingerprint density at radius 3 is 2.39 bits per heavy atom. The summed E-state index contributed by atoms with van der Waals surface area (Å²) >= 11 is 1.37. The van der Waals surface area contributed by atoms with Crippen molar-refractivity contribution in [2.45, 2.75) is 26.8 Å². The maximum atomic E-state index is 13.3. The molecule has 2 heterocycles. The van der Waals surface area contributed by atoms with Crippen LogP contribution in [0.5, 0.6) is 0 Å². The summed E-state index contributed by atoms with van der Waals surface area (Å²) in [5.41, 5.74) is 5.00. The van der Waals surface area contributed by atoms with E-state index in [4.69, 9.17) is 0 Å². The van der Waals surface area contributed by atoms with Gasteiger partial charge < -0.3 is 5.11 Å². The minimum atomic E-state index is -0.771. The molecule has 1 aliphatic heterocycles. The Labute approximate surface area is 195 Å². The maximum absolute atomic E-state index is 13.3. The van der Waals surface area contributed by atoms with Crippen LogP contribution in [0.1, 0.15) is 33.9 Å². The molecule has 5 nitrogen and oxygen atoms in total. The van der Waals surface area contributed by atoms with Crippen LogP contribution in [-0.2, 0) is 9.59 Å². The number of nitrogens with zero attached hydrogens (tertiary/aromatic N) is 2. The number of anilines is 1. The summed E-state index contributed by atoms with van der Waals surface area (Å²) < 4.78 is 0.938. The molecule has 5 rings (SSSR count). The SMILES string of the molecule is Cc1ccc(C)c(/C(O)=C2\C(=O)C(=O)N(c3nc4ccc(C)cc4s3)C2c2ccccc2)c1. The summed E-state index contributed by atoms with van der Waals surface area (Å²) in [4.78, 5) is 32.7. The molecule has 0 radical (unpaired) electrons. The molecule has 33 heavy (non-hydrogen) atoms. The molecule has 3 aromatic carbocycles. The molecule has 0 saturated carbocycles. The van der Waals surface area contributed by atoms with Gasteiger partial charge in [-0.2, -0.15) is 0 Å². The number of hydrogen-bond donors (Lipinski definition) is 1. The number of aromatic nitrogens is 1. The van der Waals surface area contributed by atoms with E-state index in [1.54, 1.807) is 0 Å². The van der Waals surface area contributed by atoms with Crippen LogP contribution in [0.25, 0.3) is 16.0 Å². The second-order valence-electron chi connectivity index (χ2n) is 8.37. The van der Waals surface area contributed by atoms with Gasteiger partial charge in [-0.1, -0.05) is 65.4 Å². The minimum Gasteiger partial charge on any atom is -0.507 e. The van der Waals surface area contributed by atoms with E-state index >= 15 is 0 Å². The summed E-state index contributed by atoms with van der Waals surface area (Å²) in [6.07, 6.45) is 0. The van der Waals surface area contributed by atoms with Crippen molar-refractivity contribution in [3.05, 3.63) is 100 Å². The van der Waals surface area contributed by atoms with E-state index in [0.717, 1.165) is 32.5 Å². The molecule has 0 spiro atoms. The Morgan fingerprint density at radius 2 is 1.64 bits per heavy atom. The fourth-order valence-electron chi connectivity index (χ4n) is 4.24. The zero-order chi connectivity index (χ0) is 23.3. The summed E-state index contributed by atoms with van der Waals surface area (Å²) in [6.45, 7) is 5.80. The van der Waals surface area contributed by atoms with Crippen LogP contribution in [-0.4, -0.2) is 21.8 Å². The number of fused-ring (bicyclic) bond motifs is 1. The normalized spacial score (nSPS) is 17.8. The number of amides is 1. The van der Waals surface area contributed by atoms with Crippen LogP contribution in [0.15, 0.2) is 72.3 Å². The first kappa shape index (κ1) is 21.1. The summed E-state index contributed by atoms with van der Waals surface area (Å²) in [7, 11) is 0. The van der Waals surface area contributed by atoms with Crippen LogP contribution in [0.2, 0.25) is 0 Å². The third-order valence-corrected chi connectivity index (χ3v) is 6.96. The lowest BCUT2D eigenvalue weighted by Crippen LogP contribution is -2.29. The van der Waals surface area contributed by atoms with Crippen molar-refractivity contribution in [3.63, 3.8) is 0 Å². The van der Waals surface area contributed by atoms with Crippen LogP contribution in [0, 0.1) is 20.8 Å². The fraction of sp³-hybridized carbons (Fsp3) is 0.148. The van der Waals surface area contributed by atoms with Crippen LogP contribution in [0.4, 0.5) is 5.13 Å². The molecule has 6 heteroatoms. The first-order chi connectivity index (χ1) is 15.8. The zero-order valence-electron chi connectivity index (χ0n) is 18.5. The summed E-state index contributed by atoms with van der Waals surface area (Å²) in [5.74, 6) is -1.56. The molecule has 1 amide bonds. The number of aryl methyl sites for hydroxylation is 3. The van der Waals surface area contributed by atoms with E-state index in [9.17, 15) is 14.7 Å². The molecule has 0 bridgehead atoms. The van der Waals surface area contributed by atoms with Gasteiger partial charge in [-0.15, -0.1) is 0 Å². The van der Waals surface area contributed by atoms with Gasteiger partial charge in [0, 0.05) is 5.56 Å². The highest BCUT2D eigenvalue weighted by Crippen LogP contribution is 2.44. The molecule has 1 N–H and O–H groups in total. The van der Waals surface area contributed by atoms with E-state index in [0.29, 0.717) is 10.7 Å². The van der Waals surface area contributed by atoms with E-state index in [-0.39, 0.29) is 11.3 Å². The van der Waals surface area contributed by atoms with Gasteiger partial charge in [-0.3, -0.25) is 14.5 Å². The standard InChI is InChI=1S/C27H22N2O3S/c1-15-9-11-17(3)19(13-15)24(30)22-23(18-7-5-4-6-8-18)29(26(32)25(22)31)27-28-20-12-10-16(2)14-21(20)33-27/h4-14,23,30H,1-3H3/b24-22+. The molecule has 4 aromatic rings. The Kier molecular flexibility index (Phi) is 5.10. The molecular formula is C27H22N2O3S. The van der Waals surface area contributed by atoms with Gasteiger partial charge in [0.1, 0.15) is 5.76 Å². The van der Waals surface area contributed by atoms with Gasteiger partial charge in [0.2, 0.25) is 0 Å². The van der Waals surface area contributed by atoms with Crippen LogP contribution < -0.4 is 4.90 Å². The van der Waals surface area contributed by atoms with Crippen LogP contribution >= 0.6 is 11.3 Å². The van der Waals surface area contributed by atoms with Gasteiger partial charge >= 0.3 is 5.91 Å². The first-order valence-corrected chi connectivity index (χ1v) is 11.5. The lowest BCUT2D eigenvalue weighted by atomic mass is 9.93. The number of rotatable bonds is 3. The number of Topliss-reactive ketones (excluding diaryl/α,β-unsaturated/α-hetero) is 1. The largest absolute Gasteiger partial charge is 0.507 e. The second kappa shape index (κ2) is 7.98. The summed E-state index contributed by atoms with van der Waals surface area (Å²) in [5, 5.41) is 11.8. The maximum Gasteiger partial charge on any atom is 0.301 e. The highest BCUT2D eigenvalue weighted by Gasteiger charge is 2.48. The Hall–Kier alpha value is -3.77. The zero-order valence-corrected chi connectivity index (χ0v) is 19.3. The number of aliphatic hydroxyl groups excluding tert-OH is 1. The molecule has 1 atom stereocenters. The van der Waals surface area contributed by atoms with Crippen molar-refractivity contribution in [3.8, 4) is 0 Å². The highest BCUT2D eigenvalue weighted by atomic mass is 32.1. The molecule has 1 unspecified atom stereocenters. The minimum absolute atomic E-state index is 0.0790. The number of thiazole rings is 1. The van der Waals surface area contributed by atoms with Gasteiger partial charge in [0.05, 0.1) is 21.8 Å². The van der Waals surface area contributed by atoms with Gasteiger partial charge in [0.15, 0.2) is 5.13 Å². The Bertz CT molecular complexity index is 1450. The lowest BCUT2D eigenvalue weighted by Gasteiger charge is -2.23. The molecular weight excluding hydrogens is 432 g/mol. The molecule has 1 fully saturated rings. The number of carbonyl (C=O) groups is 2. The van der Waals surface area contributed by atoms with Crippen molar-refractivity contribution in [1.29, 1.82) is 0 Å². The average Bonchev–Trinajstić information content (AvgIpc) is 3.33. The monoisotopic (exact) mass is 454 g/mol. The predicted molar refractivity (Wildman–Crippen MR) is 131 cm³/mol. The van der Waals surface area contributed by atoms with Crippen molar-refractivity contribution < 1.29 is 14.7 Å². The topological polar surface area (TPSA) is 70.5 Å². The third kappa shape index (κ3) is 3.52. The highest BCUT2D eigenvalue weighted by molar-refractivity contribution is 7.22. The number of ketones is 1. The second-order valence-corrected chi connectivity index (χ2v) is 9.37. The lowest BCUT2D eigenvalue weighted by molar-refractivity contribution is -0.132. The van der Waals surface area contributed by atoms with Gasteiger partial charge in [-0.25, -0.2) is 4.98 Å². The van der Waals surface area contributed by atoms with E-state index in [1.807, 2.05) is 87.5 Å². The molecule has 0 aliphatic carbocycles. The van der Waals surface area contributed by atoms with E-state index in [1.165, 1.54) is 16.2 Å². The predicted octanol–water partition coefficient (Wildman–Crippen LogP) is 5.85. The third-order valence-electron chi connectivity index (χ3n) is 5.95. The smallest absolute Gasteiger partial charge is 0.301 e. The number of aliphatic hydroxyl groups is 1. The average molecular weight is 455 g/mol. The number of carbonyl (C=O) groups excluding carboxylic acids is 2. The van der Waals surface area contributed by atoms with Gasteiger partial charge in [0.25, 0.3) is 5.78 Å². The van der Waals surface area contributed by atoms with E-state index in [2.05, 4.69) is 4.98 Å². The summed E-state index contributed by atoms with van der Waals surface area (Å²) in [6, 6.07) is 20.1. The van der Waals surface area contributed by atoms with Crippen LogP contribution in [0.3, 0.4) is 0 Å². The molecule has 164 valence electrons. The van der Waals surface area contributed by atoms with Crippen molar-refractivity contribution in [2.24, 2.45) is 0 Å². The van der Waals surface area contributed by atoms with Crippen molar-refractivity contribution in [2.75, 3.05) is 4.90 Å². The molecule has 1 saturated heterocycles. The number of hydrogen-bond acceptors (Lipinski definition) is 5. The fourth-order valence-corrected chi connectivity index (χ4v) is 5.33. The molecule has 1 aliphatic rings. The Morgan fingerprint density at radius 1 is 0.939 bits per heavy atom.